The van der Waals surface area contributed by atoms with Gasteiger partial charge in [-0.3, -0.25) is 4.79 Å². The molecule has 1 aliphatic rings. The summed E-state index contributed by atoms with van der Waals surface area (Å²) in [5.74, 6) is -2.08. The van der Waals surface area contributed by atoms with Crippen molar-refractivity contribution in [1.29, 1.82) is 5.26 Å². The second-order valence-electron chi connectivity index (χ2n) is 6.67. The number of benzene rings is 2. The molecule has 2 aromatic carbocycles. The molecule has 0 aromatic heterocycles. The van der Waals surface area contributed by atoms with Crippen LogP contribution in [0.15, 0.2) is 47.4 Å². The third-order valence-electron chi connectivity index (χ3n) is 4.81. The number of amides is 1. The third kappa shape index (κ3) is 4.78. The quantitative estimate of drug-likeness (QED) is 0.745. The van der Waals surface area contributed by atoms with Crippen molar-refractivity contribution in [2.45, 2.75) is 17.7 Å². The van der Waals surface area contributed by atoms with E-state index in [1.165, 1.54) is 0 Å². The zero-order valence-corrected chi connectivity index (χ0v) is 16.3. The molecular formula is C20H19F2N3O3S. The molecule has 29 heavy (non-hydrogen) atoms. The van der Waals surface area contributed by atoms with Crippen molar-refractivity contribution in [2.75, 3.05) is 26.2 Å². The Morgan fingerprint density at radius 3 is 2.28 bits per heavy atom. The van der Waals surface area contributed by atoms with Gasteiger partial charge in [-0.05, 0) is 36.2 Å². The monoisotopic (exact) mass is 419 g/mol. The van der Waals surface area contributed by atoms with Gasteiger partial charge >= 0.3 is 0 Å². The molecule has 6 nitrogen and oxygen atoms in total. The van der Waals surface area contributed by atoms with Gasteiger partial charge in [0.05, 0.1) is 11.6 Å². The van der Waals surface area contributed by atoms with Crippen molar-refractivity contribution in [3.8, 4) is 6.07 Å². The first-order valence-electron chi connectivity index (χ1n) is 9.03. The summed E-state index contributed by atoms with van der Waals surface area (Å²) in [6.45, 7) is 0.492. The van der Waals surface area contributed by atoms with Crippen LogP contribution >= 0.6 is 0 Å². The lowest BCUT2D eigenvalue weighted by Gasteiger charge is -2.34. The lowest BCUT2D eigenvalue weighted by atomic mass is 10.1. The van der Waals surface area contributed by atoms with E-state index < -0.39 is 26.6 Å². The highest BCUT2D eigenvalue weighted by Gasteiger charge is 2.31. The van der Waals surface area contributed by atoms with Gasteiger partial charge in [-0.15, -0.1) is 0 Å². The number of hydrogen-bond acceptors (Lipinski definition) is 4. The molecule has 1 heterocycles. The van der Waals surface area contributed by atoms with Crippen molar-refractivity contribution >= 4 is 15.9 Å². The van der Waals surface area contributed by atoms with E-state index in [-0.39, 0.29) is 38.5 Å². The number of carbonyl (C=O) groups is 1. The zero-order valence-electron chi connectivity index (χ0n) is 15.5. The molecule has 9 heteroatoms. The summed E-state index contributed by atoms with van der Waals surface area (Å²) in [7, 11) is -4.09. The van der Waals surface area contributed by atoms with Gasteiger partial charge in [0.1, 0.15) is 16.5 Å². The first-order valence-corrected chi connectivity index (χ1v) is 10.5. The summed E-state index contributed by atoms with van der Waals surface area (Å²) in [6, 6.07) is 11.4. The Bertz CT molecular complexity index is 1040. The molecule has 0 N–H and O–H groups in total. The molecule has 0 spiro atoms. The van der Waals surface area contributed by atoms with Gasteiger partial charge in [0.25, 0.3) is 0 Å². The lowest BCUT2D eigenvalue weighted by molar-refractivity contribution is -0.132. The number of carbonyl (C=O) groups excluding carboxylic acids is 1. The smallest absolute Gasteiger partial charge is 0.246 e. The predicted molar refractivity (Wildman–Crippen MR) is 101 cm³/mol. The van der Waals surface area contributed by atoms with Crippen LogP contribution in [-0.4, -0.2) is 49.7 Å². The van der Waals surface area contributed by atoms with Crippen LogP contribution in [0.2, 0.25) is 0 Å². The molecule has 0 aliphatic carbocycles. The topological polar surface area (TPSA) is 81.5 Å². The molecule has 1 amide bonds. The van der Waals surface area contributed by atoms with Crippen LogP contribution in [0.25, 0.3) is 0 Å². The average molecular weight is 419 g/mol. The van der Waals surface area contributed by atoms with E-state index in [2.05, 4.69) is 0 Å². The molecule has 0 radical (unpaired) electrons. The molecule has 0 unspecified atom stereocenters. The van der Waals surface area contributed by atoms with E-state index in [0.29, 0.717) is 18.1 Å². The van der Waals surface area contributed by atoms with Crippen molar-refractivity contribution < 1.29 is 22.0 Å². The van der Waals surface area contributed by atoms with Gasteiger partial charge < -0.3 is 4.90 Å². The van der Waals surface area contributed by atoms with E-state index in [9.17, 15) is 22.0 Å². The van der Waals surface area contributed by atoms with Gasteiger partial charge in [0, 0.05) is 38.7 Å². The molecule has 1 saturated heterocycles. The van der Waals surface area contributed by atoms with Crippen LogP contribution in [0.4, 0.5) is 8.78 Å². The SMILES string of the molecule is N#Cc1ccc(CCC(=O)N2CCN(S(=O)(=O)c3ccc(F)cc3F)CC2)cc1. The number of sulfonamides is 1. The maximum Gasteiger partial charge on any atom is 0.246 e. The molecule has 2 aromatic rings. The van der Waals surface area contributed by atoms with Crippen LogP contribution in [0, 0.1) is 23.0 Å². The summed E-state index contributed by atoms with van der Waals surface area (Å²) in [4.78, 5) is 13.4. The highest BCUT2D eigenvalue weighted by Crippen LogP contribution is 2.21. The number of rotatable bonds is 5. The minimum absolute atomic E-state index is 0.0434. The van der Waals surface area contributed by atoms with Crippen molar-refractivity contribution in [2.24, 2.45) is 0 Å². The van der Waals surface area contributed by atoms with Crippen molar-refractivity contribution in [3.63, 3.8) is 0 Å². The summed E-state index contributed by atoms with van der Waals surface area (Å²) in [5.41, 5.74) is 1.49. The molecular weight excluding hydrogens is 400 g/mol. The first kappa shape index (κ1) is 20.9. The van der Waals surface area contributed by atoms with E-state index in [1.807, 2.05) is 6.07 Å². The maximum atomic E-state index is 13.9. The highest BCUT2D eigenvalue weighted by molar-refractivity contribution is 7.89. The van der Waals surface area contributed by atoms with Gasteiger partial charge in [0.2, 0.25) is 15.9 Å². The molecule has 0 saturated carbocycles. The lowest BCUT2D eigenvalue weighted by Crippen LogP contribution is -2.50. The van der Waals surface area contributed by atoms with Crippen LogP contribution in [0.1, 0.15) is 17.5 Å². The van der Waals surface area contributed by atoms with E-state index in [0.717, 1.165) is 22.0 Å². The van der Waals surface area contributed by atoms with Crippen molar-refractivity contribution in [3.05, 3.63) is 65.2 Å². The number of nitriles is 1. The summed E-state index contributed by atoms with van der Waals surface area (Å²) in [5, 5.41) is 8.80. The maximum absolute atomic E-state index is 13.9. The van der Waals surface area contributed by atoms with E-state index in [1.54, 1.807) is 29.2 Å². The van der Waals surface area contributed by atoms with Gasteiger partial charge in [-0.1, -0.05) is 12.1 Å². The van der Waals surface area contributed by atoms with Gasteiger partial charge in [0.15, 0.2) is 0 Å². The minimum atomic E-state index is -4.09. The number of aryl methyl sites for hydroxylation is 1. The fourth-order valence-corrected chi connectivity index (χ4v) is 4.62. The standard InChI is InChI=1S/C20H19F2N3O3S/c21-17-6-7-19(18(22)13-17)29(27,28)25-11-9-24(10-12-25)20(26)8-5-15-1-3-16(14-23)4-2-15/h1-4,6-7,13H,5,8-12H2. The summed E-state index contributed by atoms with van der Waals surface area (Å²) < 4.78 is 53.2. The molecule has 1 aliphatic heterocycles. The normalized spacial score (nSPS) is 15.1. The Balaban J connectivity index is 1.56. The van der Waals surface area contributed by atoms with Gasteiger partial charge in [-0.25, -0.2) is 17.2 Å². The van der Waals surface area contributed by atoms with Crippen LogP contribution in [0.3, 0.4) is 0 Å². The fourth-order valence-electron chi connectivity index (χ4n) is 3.16. The molecule has 0 atom stereocenters. The summed E-state index contributed by atoms with van der Waals surface area (Å²) in [6.07, 6.45) is 0.787. The molecule has 152 valence electrons. The molecule has 0 bridgehead atoms. The Hall–Kier alpha value is -2.83. The van der Waals surface area contributed by atoms with Crippen LogP contribution < -0.4 is 0 Å². The highest BCUT2D eigenvalue weighted by atomic mass is 32.2. The third-order valence-corrected chi connectivity index (χ3v) is 6.75. The second-order valence-corrected chi connectivity index (χ2v) is 8.57. The summed E-state index contributed by atoms with van der Waals surface area (Å²) >= 11 is 0. The number of hydrogen-bond donors (Lipinski definition) is 0. The fraction of sp³-hybridized carbons (Fsp3) is 0.300. The predicted octanol–water partition coefficient (Wildman–Crippen LogP) is 2.30. The Morgan fingerprint density at radius 2 is 1.69 bits per heavy atom. The van der Waals surface area contributed by atoms with Crippen LogP contribution in [-0.2, 0) is 21.2 Å². The molecule has 3 rings (SSSR count). The molecule has 1 fully saturated rings. The van der Waals surface area contributed by atoms with E-state index in [4.69, 9.17) is 5.26 Å². The Morgan fingerprint density at radius 1 is 1.03 bits per heavy atom. The average Bonchev–Trinajstić information content (AvgIpc) is 2.72. The number of piperazine rings is 1. The zero-order chi connectivity index (χ0) is 21.0. The first-order chi connectivity index (χ1) is 13.8. The van der Waals surface area contributed by atoms with E-state index >= 15 is 0 Å². The van der Waals surface area contributed by atoms with Crippen LogP contribution in [0.5, 0.6) is 0 Å². The van der Waals surface area contributed by atoms with Gasteiger partial charge in [-0.2, -0.15) is 9.57 Å². The Labute approximate surface area is 168 Å². The minimum Gasteiger partial charge on any atom is -0.340 e. The largest absolute Gasteiger partial charge is 0.340 e. The number of halogens is 2. The second kappa shape index (κ2) is 8.68. The number of nitrogens with zero attached hydrogens (tertiary/aromatic N) is 3. The van der Waals surface area contributed by atoms with Crippen molar-refractivity contribution in [1.82, 2.24) is 9.21 Å². The Kier molecular flexibility index (Phi) is 6.25.